The number of aryl methyl sites for hydroxylation is 1. The van der Waals surface area contributed by atoms with Crippen LogP contribution in [0.5, 0.6) is 0 Å². The van der Waals surface area contributed by atoms with Gasteiger partial charge in [-0.05, 0) is 25.2 Å². The van der Waals surface area contributed by atoms with Crippen LogP contribution in [0.1, 0.15) is 43.4 Å². The van der Waals surface area contributed by atoms with Crippen molar-refractivity contribution in [2.45, 2.75) is 57.2 Å². The lowest BCUT2D eigenvalue weighted by atomic mass is 9.85. The van der Waals surface area contributed by atoms with Gasteiger partial charge in [0.05, 0.1) is 11.7 Å². The Balaban J connectivity index is 1.48. The van der Waals surface area contributed by atoms with Gasteiger partial charge in [0.15, 0.2) is 0 Å². The summed E-state index contributed by atoms with van der Waals surface area (Å²) in [5, 5.41) is 7.88. The number of rotatable bonds is 1. The second-order valence-corrected chi connectivity index (χ2v) is 7.19. The molecule has 2 aliphatic heterocycles. The quantitative estimate of drug-likeness (QED) is 0.823. The number of amides is 1. The fourth-order valence-corrected chi connectivity index (χ4v) is 4.41. The van der Waals surface area contributed by atoms with Gasteiger partial charge in [0.2, 0.25) is 5.91 Å². The zero-order chi connectivity index (χ0) is 16.0. The van der Waals surface area contributed by atoms with Crippen molar-refractivity contribution >= 4 is 5.91 Å². The van der Waals surface area contributed by atoms with Gasteiger partial charge in [-0.3, -0.25) is 9.59 Å². The van der Waals surface area contributed by atoms with E-state index in [2.05, 4.69) is 10.4 Å². The molecule has 3 heterocycles. The van der Waals surface area contributed by atoms with Crippen molar-refractivity contribution in [1.82, 2.24) is 20.0 Å². The monoisotopic (exact) mass is 316 g/mol. The first-order valence-corrected chi connectivity index (χ1v) is 8.73. The van der Waals surface area contributed by atoms with E-state index in [1.807, 2.05) is 4.90 Å². The number of hydrogen-bond donors (Lipinski definition) is 1. The molecule has 6 heteroatoms. The Hall–Kier alpha value is -1.69. The summed E-state index contributed by atoms with van der Waals surface area (Å²) < 4.78 is 1.37. The van der Waals surface area contributed by atoms with E-state index < -0.39 is 0 Å². The Morgan fingerprint density at radius 2 is 2.17 bits per heavy atom. The number of fused-ring (bicyclic) bond motifs is 2. The molecule has 1 aromatic heterocycles. The lowest BCUT2D eigenvalue weighted by Gasteiger charge is -2.30. The summed E-state index contributed by atoms with van der Waals surface area (Å²) in [4.78, 5) is 26.5. The molecule has 1 N–H and O–H groups in total. The Morgan fingerprint density at radius 1 is 1.35 bits per heavy atom. The molecule has 4 rings (SSSR count). The number of aromatic nitrogens is 2. The molecule has 0 bridgehead atoms. The van der Waals surface area contributed by atoms with Crippen molar-refractivity contribution in [3.63, 3.8) is 0 Å². The first kappa shape index (κ1) is 14.9. The van der Waals surface area contributed by atoms with Crippen LogP contribution < -0.4 is 10.9 Å². The van der Waals surface area contributed by atoms with Crippen LogP contribution in [-0.2, 0) is 24.8 Å². The molecule has 124 valence electrons. The molecule has 3 unspecified atom stereocenters. The maximum Gasteiger partial charge on any atom is 0.266 e. The second kappa shape index (κ2) is 5.74. The highest BCUT2D eigenvalue weighted by atomic mass is 16.2. The van der Waals surface area contributed by atoms with Gasteiger partial charge >= 0.3 is 0 Å². The van der Waals surface area contributed by atoms with E-state index in [0.29, 0.717) is 25.0 Å². The molecule has 3 aliphatic rings. The third kappa shape index (κ3) is 2.69. The van der Waals surface area contributed by atoms with Gasteiger partial charge in [-0.25, -0.2) is 4.68 Å². The molecule has 0 spiro atoms. The standard InChI is InChI=1S/C17H24N4O2/c1-20-16(22)9-12-10-21(7-6-14(12)19-20)17(23)15-8-11-4-2-3-5-13(11)18-15/h9,11,13,15,18H,2-8,10H2,1H3. The van der Waals surface area contributed by atoms with Crippen LogP contribution in [-0.4, -0.2) is 39.2 Å². The minimum atomic E-state index is -0.108. The van der Waals surface area contributed by atoms with E-state index in [9.17, 15) is 9.59 Å². The van der Waals surface area contributed by atoms with Gasteiger partial charge in [0, 0.05) is 44.2 Å². The summed E-state index contributed by atoms with van der Waals surface area (Å²) >= 11 is 0. The van der Waals surface area contributed by atoms with Gasteiger partial charge in [0.25, 0.3) is 5.56 Å². The topological polar surface area (TPSA) is 67.2 Å². The zero-order valence-electron chi connectivity index (χ0n) is 13.6. The first-order valence-electron chi connectivity index (χ1n) is 8.73. The van der Waals surface area contributed by atoms with Crippen molar-refractivity contribution in [2.75, 3.05) is 6.54 Å². The van der Waals surface area contributed by atoms with E-state index in [-0.39, 0.29) is 17.5 Å². The van der Waals surface area contributed by atoms with Gasteiger partial charge in [0.1, 0.15) is 0 Å². The summed E-state index contributed by atoms with van der Waals surface area (Å²) in [6.45, 7) is 1.22. The van der Waals surface area contributed by atoms with Gasteiger partial charge < -0.3 is 10.2 Å². The van der Waals surface area contributed by atoms with Gasteiger partial charge in [-0.1, -0.05) is 12.8 Å². The normalized spacial score (nSPS) is 30.0. The van der Waals surface area contributed by atoms with Crippen LogP contribution in [0.15, 0.2) is 10.9 Å². The molecular weight excluding hydrogens is 292 g/mol. The van der Waals surface area contributed by atoms with Crippen LogP contribution in [0.3, 0.4) is 0 Å². The number of carbonyl (C=O) groups is 1. The van der Waals surface area contributed by atoms with Crippen LogP contribution in [0.2, 0.25) is 0 Å². The molecule has 0 radical (unpaired) electrons. The molecule has 1 saturated carbocycles. The molecule has 2 fully saturated rings. The highest BCUT2D eigenvalue weighted by Crippen LogP contribution is 2.34. The van der Waals surface area contributed by atoms with Crippen molar-refractivity contribution in [1.29, 1.82) is 0 Å². The van der Waals surface area contributed by atoms with E-state index in [4.69, 9.17) is 0 Å². The van der Waals surface area contributed by atoms with E-state index in [1.54, 1.807) is 13.1 Å². The number of carbonyl (C=O) groups excluding carboxylic acids is 1. The van der Waals surface area contributed by atoms with Crippen LogP contribution in [0.25, 0.3) is 0 Å². The molecule has 1 aromatic rings. The molecule has 1 aliphatic carbocycles. The Kier molecular flexibility index (Phi) is 3.71. The minimum absolute atomic E-state index is 0.0378. The molecule has 3 atom stereocenters. The maximum atomic E-state index is 12.9. The van der Waals surface area contributed by atoms with Crippen LogP contribution in [0.4, 0.5) is 0 Å². The van der Waals surface area contributed by atoms with Crippen LogP contribution in [0, 0.1) is 5.92 Å². The average Bonchev–Trinajstić information content (AvgIpc) is 2.99. The zero-order valence-corrected chi connectivity index (χ0v) is 13.6. The highest BCUT2D eigenvalue weighted by molar-refractivity contribution is 5.82. The lowest BCUT2D eigenvalue weighted by molar-refractivity contribution is -0.134. The maximum absolute atomic E-state index is 12.9. The SMILES string of the molecule is Cn1nc2c(cc1=O)CN(C(=O)C1CC3CCCCC3N1)CC2. The second-order valence-electron chi connectivity index (χ2n) is 7.19. The number of nitrogens with one attached hydrogen (secondary N) is 1. The fraction of sp³-hybridized carbons (Fsp3) is 0.706. The lowest BCUT2D eigenvalue weighted by Crippen LogP contribution is -2.47. The Labute approximate surface area is 135 Å². The molecule has 0 aromatic carbocycles. The fourth-order valence-electron chi connectivity index (χ4n) is 4.41. The predicted octanol–water partition coefficient (Wildman–Crippen LogP) is 0.586. The summed E-state index contributed by atoms with van der Waals surface area (Å²) in [6.07, 6.45) is 6.74. The van der Waals surface area contributed by atoms with Crippen LogP contribution >= 0.6 is 0 Å². The minimum Gasteiger partial charge on any atom is -0.337 e. The average molecular weight is 316 g/mol. The third-order valence-corrected chi connectivity index (χ3v) is 5.71. The van der Waals surface area contributed by atoms with Gasteiger partial charge in [-0.2, -0.15) is 5.10 Å². The van der Waals surface area contributed by atoms with E-state index in [0.717, 1.165) is 24.1 Å². The number of nitrogens with zero attached hydrogens (tertiary/aromatic N) is 3. The van der Waals surface area contributed by atoms with Crippen molar-refractivity contribution in [3.05, 3.63) is 27.7 Å². The van der Waals surface area contributed by atoms with Crippen molar-refractivity contribution < 1.29 is 4.79 Å². The summed E-state index contributed by atoms with van der Waals surface area (Å²) in [5.74, 6) is 0.870. The van der Waals surface area contributed by atoms with Crippen molar-refractivity contribution in [2.24, 2.45) is 13.0 Å². The third-order valence-electron chi connectivity index (χ3n) is 5.71. The largest absolute Gasteiger partial charge is 0.337 e. The first-order chi connectivity index (χ1) is 11.1. The smallest absolute Gasteiger partial charge is 0.266 e. The van der Waals surface area contributed by atoms with E-state index in [1.165, 1.54) is 30.4 Å². The van der Waals surface area contributed by atoms with Gasteiger partial charge in [-0.15, -0.1) is 0 Å². The van der Waals surface area contributed by atoms with Crippen molar-refractivity contribution in [3.8, 4) is 0 Å². The predicted molar refractivity (Wildman–Crippen MR) is 85.9 cm³/mol. The van der Waals surface area contributed by atoms with E-state index >= 15 is 0 Å². The molecule has 6 nitrogen and oxygen atoms in total. The molecule has 23 heavy (non-hydrogen) atoms. The summed E-state index contributed by atoms with van der Waals surface area (Å²) in [6, 6.07) is 2.12. The Bertz CT molecular complexity index is 670. The summed E-state index contributed by atoms with van der Waals surface area (Å²) in [7, 11) is 1.67. The summed E-state index contributed by atoms with van der Waals surface area (Å²) in [5.41, 5.74) is 1.75. The molecule has 1 amide bonds. The highest BCUT2D eigenvalue weighted by Gasteiger charge is 2.40. The Morgan fingerprint density at radius 3 is 3.00 bits per heavy atom. The number of hydrogen-bond acceptors (Lipinski definition) is 4. The molecular formula is C17H24N4O2. The molecule has 1 saturated heterocycles.